The van der Waals surface area contributed by atoms with Gasteiger partial charge in [0, 0.05) is 4.48 Å². The molecule has 70 valence electrons. The molecule has 1 aromatic rings. The molecule has 1 rings (SSSR count). The Hall–Kier alpha value is -0.760. The van der Waals surface area contributed by atoms with Gasteiger partial charge >= 0.3 is 0 Å². The minimum absolute atomic E-state index is 0.516. The zero-order valence-corrected chi connectivity index (χ0v) is 9.52. The molecule has 1 nitrogen and oxygen atoms in total. The molecule has 0 unspecified atom stereocenters. The SMILES string of the molecule is C=C(Br)COc1ccc(C)c(C)c1. The first kappa shape index (κ1) is 10.3. The Kier molecular flexibility index (Phi) is 3.55. The van der Waals surface area contributed by atoms with Crippen molar-refractivity contribution in [3.63, 3.8) is 0 Å². The number of ether oxygens (including phenoxy) is 1. The first-order valence-electron chi connectivity index (χ1n) is 4.13. The maximum atomic E-state index is 5.46. The molecule has 0 amide bonds. The third-order valence-electron chi connectivity index (χ3n) is 1.87. The Morgan fingerprint density at radius 2 is 2.08 bits per heavy atom. The van der Waals surface area contributed by atoms with Gasteiger partial charge in [-0.2, -0.15) is 0 Å². The summed E-state index contributed by atoms with van der Waals surface area (Å²) in [5.41, 5.74) is 2.53. The molecule has 0 atom stereocenters. The summed E-state index contributed by atoms with van der Waals surface area (Å²) in [7, 11) is 0. The molecule has 2 heteroatoms. The van der Waals surface area contributed by atoms with Crippen LogP contribution in [-0.2, 0) is 0 Å². The lowest BCUT2D eigenvalue weighted by Gasteiger charge is -2.06. The Morgan fingerprint density at radius 1 is 1.38 bits per heavy atom. The largest absolute Gasteiger partial charge is 0.488 e. The Morgan fingerprint density at radius 3 is 2.62 bits per heavy atom. The van der Waals surface area contributed by atoms with Crippen LogP contribution in [0.2, 0.25) is 0 Å². The van der Waals surface area contributed by atoms with Crippen molar-refractivity contribution in [2.24, 2.45) is 0 Å². The van der Waals surface area contributed by atoms with Crippen LogP contribution in [-0.4, -0.2) is 6.61 Å². The van der Waals surface area contributed by atoms with Crippen LogP contribution < -0.4 is 4.74 Å². The van der Waals surface area contributed by atoms with Crippen LogP contribution in [0, 0.1) is 13.8 Å². The van der Waals surface area contributed by atoms with Crippen molar-refractivity contribution in [2.75, 3.05) is 6.61 Å². The molecular formula is C11H13BrO. The predicted octanol–water partition coefficient (Wildman–Crippen LogP) is 3.59. The number of hydrogen-bond donors (Lipinski definition) is 0. The monoisotopic (exact) mass is 240 g/mol. The van der Waals surface area contributed by atoms with Crippen LogP contribution in [0.5, 0.6) is 5.75 Å². The molecule has 0 aliphatic rings. The fourth-order valence-electron chi connectivity index (χ4n) is 0.965. The average Bonchev–Trinajstić information content (AvgIpc) is 2.07. The molecule has 0 radical (unpaired) electrons. The van der Waals surface area contributed by atoms with Crippen molar-refractivity contribution in [3.05, 3.63) is 40.4 Å². The molecule has 0 fully saturated rings. The van der Waals surface area contributed by atoms with Gasteiger partial charge in [0.05, 0.1) is 0 Å². The van der Waals surface area contributed by atoms with Gasteiger partial charge in [0.25, 0.3) is 0 Å². The number of rotatable bonds is 3. The van der Waals surface area contributed by atoms with Crippen molar-refractivity contribution in [2.45, 2.75) is 13.8 Å². The summed E-state index contributed by atoms with van der Waals surface area (Å²) in [6, 6.07) is 6.06. The second-order valence-corrected chi connectivity index (χ2v) is 4.17. The molecule has 0 heterocycles. The third-order valence-corrected chi connectivity index (χ3v) is 2.10. The normalized spacial score (nSPS) is 9.77. The molecule has 0 bridgehead atoms. The fraction of sp³-hybridized carbons (Fsp3) is 0.273. The summed E-state index contributed by atoms with van der Waals surface area (Å²) in [4.78, 5) is 0. The van der Waals surface area contributed by atoms with E-state index in [1.165, 1.54) is 11.1 Å². The van der Waals surface area contributed by atoms with Gasteiger partial charge in [0.15, 0.2) is 0 Å². The molecule has 0 spiro atoms. The van der Waals surface area contributed by atoms with Crippen LogP contribution in [0.1, 0.15) is 11.1 Å². The topological polar surface area (TPSA) is 9.23 Å². The molecule has 0 saturated heterocycles. The number of benzene rings is 1. The van der Waals surface area contributed by atoms with E-state index in [4.69, 9.17) is 4.74 Å². The average molecular weight is 241 g/mol. The Bertz CT molecular complexity index is 318. The van der Waals surface area contributed by atoms with E-state index < -0.39 is 0 Å². The van der Waals surface area contributed by atoms with Crippen molar-refractivity contribution in [1.82, 2.24) is 0 Å². The lowest BCUT2D eigenvalue weighted by atomic mass is 10.1. The van der Waals surface area contributed by atoms with Gasteiger partial charge in [-0.3, -0.25) is 0 Å². The molecule has 0 N–H and O–H groups in total. The summed E-state index contributed by atoms with van der Waals surface area (Å²) in [5, 5.41) is 0. The lowest BCUT2D eigenvalue weighted by molar-refractivity contribution is 0.360. The third kappa shape index (κ3) is 3.23. The zero-order chi connectivity index (χ0) is 9.84. The van der Waals surface area contributed by atoms with Crippen LogP contribution in [0.3, 0.4) is 0 Å². The smallest absolute Gasteiger partial charge is 0.120 e. The standard InChI is InChI=1S/C11H13BrO/c1-8-4-5-11(6-9(8)2)13-7-10(3)12/h4-6H,3,7H2,1-2H3. The molecule has 13 heavy (non-hydrogen) atoms. The Balaban J connectivity index is 2.68. The second kappa shape index (κ2) is 4.47. The van der Waals surface area contributed by atoms with Crippen LogP contribution in [0.15, 0.2) is 29.3 Å². The quantitative estimate of drug-likeness (QED) is 0.785. The summed E-state index contributed by atoms with van der Waals surface area (Å²) in [5.74, 6) is 0.892. The molecule has 0 aliphatic carbocycles. The number of halogens is 1. The molecule has 1 aromatic carbocycles. The number of hydrogen-bond acceptors (Lipinski definition) is 1. The molecule has 0 aromatic heterocycles. The predicted molar refractivity (Wildman–Crippen MR) is 59.5 cm³/mol. The van der Waals surface area contributed by atoms with E-state index in [9.17, 15) is 0 Å². The van der Waals surface area contributed by atoms with Crippen molar-refractivity contribution < 1.29 is 4.74 Å². The highest BCUT2D eigenvalue weighted by molar-refractivity contribution is 9.11. The van der Waals surface area contributed by atoms with Gasteiger partial charge < -0.3 is 4.74 Å². The highest BCUT2D eigenvalue weighted by Gasteiger charge is 1.97. The van der Waals surface area contributed by atoms with Crippen LogP contribution >= 0.6 is 15.9 Å². The van der Waals surface area contributed by atoms with E-state index in [-0.39, 0.29) is 0 Å². The maximum absolute atomic E-state index is 5.46. The van der Waals surface area contributed by atoms with E-state index in [2.05, 4.69) is 42.4 Å². The minimum atomic E-state index is 0.516. The van der Waals surface area contributed by atoms with E-state index in [0.717, 1.165) is 10.2 Å². The van der Waals surface area contributed by atoms with Gasteiger partial charge in [-0.05, 0) is 37.1 Å². The van der Waals surface area contributed by atoms with Crippen LogP contribution in [0.25, 0.3) is 0 Å². The van der Waals surface area contributed by atoms with Gasteiger partial charge in [-0.25, -0.2) is 0 Å². The maximum Gasteiger partial charge on any atom is 0.120 e. The van der Waals surface area contributed by atoms with Crippen molar-refractivity contribution in [3.8, 4) is 5.75 Å². The number of aryl methyl sites for hydroxylation is 2. The Labute approximate surface area is 87.5 Å². The van der Waals surface area contributed by atoms with E-state index in [1.54, 1.807) is 0 Å². The minimum Gasteiger partial charge on any atom is -0.488 e. The zero-order valence-electron chi connectivity index (χ0n) is 7.93. The first-order valence-corrected chi connectivity index (χ1v) is 4.92. The summed E-state index contributed by atoms with van der Waals surface area (Å²) < 4.78 is 6.31. The fourth-order valence-corrected chi connectivity index (χ4v) is 1.08. The molecule has 0 aliphatic heterocycles. The first-order chi connectivity index (χ1) is 6.09. The van der Waals surface area contributed by atoms with E-state index >= 15 is 0 Å². The summed E-state index contributed by atoms with van der Waals surface area (Å²) in [6.45, 7) is 8.38. The highest BCUT2D eigenvalue weighted by atomic mass is 79.9. The van der Waals surface area contributed by atoms with E-state index in [0.29, 0.717) is 6.61 Å². The highest BCUT2D eigenvalue weighted by Crippen LogP contribution is 2.17. The molecular weight excluding hydrogens is 228 g/mol. The lowest BCUT2D eigenvalue weighted by Crippen LogP contribution is -1.96. The molecule has 0 saturated carbocycles. The van der Waals surface area contributed by atoms with E-state index in [1.807, 2.05) is 12.1 Å². The van der Waals surface area contributed by atoms with Crippen molar-refractivity contribution >= 4 is 15.9 Å². The van der Waals surface area contributed by atoms with Gasteiger partial charge in [-0.1, -0.05) is 28.6 Å². The van der Waals surface area contributed by atoms with Gasteiger partial charge in [-0.15, -0.1) is 0 Å². The second-order valence-electron chi connectivity index (χ2n) is 3.05. The van der Waals surface area contributed by atoms with Gasteiger partial charge in [0.1, 0.15) is 12.4 Å². The summed E-state index contributed by atoms with van der Waals surface area (Å²) >= 11 is 3.25. The van der Waals surface area contributed by atoms with Crippen molar-refractivity contribution in [1.29, 1.82) is 0 Å². The summed E-state index contributed by atoms with van der Waals surface area (Å²) in [6.07, 6.45) is 0. The van der Waals surface area contributed by atoms with Gasteiger partial charge in [0.2, 0.25) is 0 Å². The van der Waals surface area contributed by atoms with Crippen LogP contribution in [0.4, 0.5) is 0 Å².